The van der Waals surface area contributed by atoms with Gasteiger partial charge in [0.1, 0.15) is 11.9 Å². The molecule has 38 heavy (non-hydrogen) atoms. The van der Waals surface area contributed by atoms with Crippen LogP contribution in [0.5, 0.6) is 0 Å². The molecular formula is C20H14ClF6N5O6. The van der Waals surface area contributed by atoms with Crippen molar-refractivity contribution >= 4 is 34.7 Å². The van der Waals surface area contributed by atoms with Gasteiger partial charge in [-0.1, -0.05) is 0 Å². The van der Waals surface area contributed by atoms with Crippen LogP contribution >= 0.6 is 11.6 Å². The molecule has 0 spiro atoms. The van der Waals surface area contributed by atoms with Crippen molar-refractivity contribution in [2.24, 2.45) is 0 Å². The molecule has 2 heterocycles. The van der Waals surface area contributed by atoms with Gasteiger partial charge in [-0.25, -0.2) is 19.6 Å². The molecule has 0 saturated carbocycles. The Bertz CT molecular complexity index is 1160. The first-order chi connectivity index (χ1) is 17.6. The first-order valence-electron chi connectivity index (χ1n) is 9.68. The van der Waals surface area contributed by atoms with Crippen LogP contribution in [0, 0.1) is 11.3 Å². The van der Waals surface area contributed by atoms with Crippen LogP contribution in [-0.2, 0) is 41.7 Å². The van der Waals surface area contributed by atoms with Gasteiger partial charge in [0.25, 0.3) is 0 Å². The second-order valence-electron chi connectivity index (χ2n) is 6.63. The average Bonchev–Trinajstić information content (AvgIpc) is 2.85. The number of hydrogen-bond acceptors (Lipinski definition) is 10. The predicted octanol–water partition coefficient (Wildman–Crippen LogP) is 2.23. The summed E-state index contributed by atoms with van der Waals surface area (Å²) in [5.41, 5.74) is 0.592. The Morgan fingerprint density at radius 1 is 0.895 bits per heavy atom. The minimum atomic E-state index is -4.75. The third-order valence-corrected chi connectivity index (χ3v) is 3.77. The Labute approximate surface area is 213 Å². The van der Waals surface area contributed by atoms with Crippen molar-refractivity contribution in [3.8, 4) is 6.07 Å². The Morgan fingerprint density at radius 3 is 1.89 bits per heavy atom. The van der Waals surface area contributed by atoms with Crippen molar-refractivity contribution in [2.75, 3.05) is 13.2 Å². The number of halogens is 7. The van der Waals surface area contributed by atoms with E-state index in [-0.39, 0.29) is 24.5 Å². The van der Waals surface area contributed by atoms with E-state index in [9.17, 15) is 45.5 Å². The highest BCUT2D eigenvalue weighted by molar-refractivity contribution is 6.80. The quantitative estimate of drug-likeness (QED) is 0.210. The molecule has 2 aromatic rings. The molecular weight excluding hydrogens is 556 g/mol. The molecule has 0 aliphatic carbocycles. The Balaban J connectivity index is 0.000000554. The zero-order valence-corrected chi connectivity index (χ0v) is 19.4. The van der Waals surface area contributed by atoms with Gasteiger partial charge in [-0.3, -0.25) is 14.6 Å². The number of alkyl halides is 6. The fourth-order valence-electron chi connectivity index (χ4n) is 2.10. The summed E-state index contributed by atoms with van der Waals surface area (Å²) in [6, 6.07) is 6.31. The Morgan fingerprint density at radius 2 is 1.45 bits per heavy atom. The van der Waals surface area contributed by atoms with Crippen molar-refractivity contribution < 1.29 is 55.0 Å². The number of pyridine rings is 1. The number of hydrogen-bond donors (Lipinski definition) is 0. The van der Waals surface area contributed by atoms with Crippen molar-refractivity contribution in [3.05, 3.63) is 53.9 Å². The monoisotopic (exact) mass is 569 g/mol. The molecule has 204 valence electrons. The highest BCUT2D eigenvalue weighted by Crippen LogP contribution is 2.16. The molecule has 0 bridgehead atoms. The topological polar surface area (TPSA) is 152 Å². The maximum atomic E-state index is 12.2. The van der Waals surface area contributed by atoms with Crippen molar-refractivity contribution in [2.45, 2.75) is 25.4 Å². The van der Waals surface area contributed by atoms with Gasteiger partial charge in [0, 0.05) is 18.6 Å². The van der Waals surface area contributed by atoms with E-state index < -0.39 is 48.7 Å². The van der Waals surface area contributed by atoms with Crippen LogP contribution in [-0.4, -0.2) is 68.5 Å². The van der Waals surface area contributed by atoms with Gasteiger partial charge < -0.3 is 14.4 Å². The molecule has 0 radical (unpaired) electrons. The van der Waals surface area contributed by atoms with Crippen LogP contribution in [0.4, 0.5) is 26.3 Å². The molecule has 1 amide bonds. The van der Waals surface area contributed by atoms with Crippen LogP contribution < -0.4 is 0 Å². The number of carbonyl (C=O) groups excluding carboxylic acids is 4. The summed E-state index contributed by atoms with van der Waals surface area (Å²) in [5, 5.41) is 7.19. The first-order valence-corrected chi connectivity index (χ1v) is 10.1. The van der Waals surface area contributed by atoms with Crippen molar-refractivity contribution in [3.63, 3.8) is 0 Å². The van der Waals surface area contributed by atoms with Gasteiger partial charge in [-0.2, -0.15) is 31.6 Å². The molecule has 2 rings (SSSR count). The molecule has 18 heteroatoms. The summed E-state index contributed by atoms with van der Waals surface area (Å²) in [4.78, 5) is 56.4. The number of esters is 2. The number of amides is 1. The lowest BCUT2D eigenvalue weighted by Gasteiger charge is -2.20. The first kappa shape index (κ1) is 31.7. The fraction of sp³-hybridized carbons (Fsp3) is 0.300. The van der Waals surface area contributed by atoms with E-state index in [2.05, 4.69) is 36.0 Å². The standard InChI is InChI=1S/C16H12F3N5O3.C4H2ClF3O3/c17-16(18,19)10-27-15(26)14(25)24(9-13-21-4-1-5-22-13)8-12-3-2-11(6-20)7-23-12;5-2(9)3(10)11-1-4(6,7)8/h1-5,7H,8-10H2;1H2. The Kier molecular flexibility index (Phi) is 12.0. The lowest BCUT2D eigenvalue weighted by molar-refractivity contribution is -0.189. The second-order valence-corrected chi connectivity index (χ2v) is 6.98. The summed E-state index contributed by atoms with van der Waals surface area (Å²) in [6.45, 7) is -4.14. The largest absolute Gasteiger partial charge is 0.449 e. The van der Waals surface area contributed by atoms with Gasteiger partial charge in [0.05, 0.1) is 24.3 Å². The van der Waals surface area contributed by atoms with Gasteiger partial charge in [0.15, 0.2) is 13.2 Å². The van der Waals surface area contributed by atoms with Crippen molar-refractivity contribution in [1.82, 2.24) is 19.9 Å². The van der Waals surface area contributed by atoms with Crippen LogP contribution in [0.2, 0.25) is 0 Å². The number of rotatable bonds is 7. The van der Waals surface area contributed by atoms with Crippen LogP contribution in [0.15, 0.2) is 36.8 Å². The Hall–Kier alpha value is -4.33. The lowest BCUT2D eigenvalue weighted by Crippen LogP contribution is -2.38. The summed E-state index contributed by atoms with van der Waals surface area (Å²) in [6.07, 6.45) is -5.31. The van der Waals surface area contributed by atoms with Crippen LogP contribution in [0.1, 0.15) is 17.1 Å². The summed E-state index contributed by atoms with van der Waals surface area (Å²) in [5.74, 6) is -4.48. The second kappa shape index (κ2) is 14.4. The van der Waals surface area contributed by atoms with E-state index in [1.165, 1.54) is 36.8 Å². The van der Waals surface area contributed by atoms with Crippen molar-refractivity contribution in [1.29, 1.82) is 5.26 Å². The molecule has 0 unspecified atom stereocenters. The van der Waals surface area contributed by atoms with E-state index in [1.54, 1.807) is 0 Å². The van der Waals surface area contributed by atoms with E-state index in [4.69, 9.17) is 5.26 Å². The van der Waals surface area contributed by atoms with Gasteiger partial charge in [0.2, 0.25) is 0 Å². The van der Waals surface area contributed by atoms with Crippen LogP contribution in [0.25, 0.3) is 0 Å². The highest BCUT2D eigenvalue weighted by Gasteiger charge is 2.33. The minimum absolute atomic E-state index is 0.170. The van der Waals surface area contributed by atoms with E-state index >= 15 is 0 Å². The summed E-state index contributed by atoms with van der Waals surface area (Å²) < 4.78 is 77.7. The molecule has 0 aromatic carbocycles. The number of aromatic nitrogens is 3. The molecule has 0 atom stereocenters. The van der Waals surface area contributed by atoms with E-state index in [0.29, 0.717) is 5.69 Å². The molecule has 2 aromatic heterocycles. The van der Waals surface area contributed by atoms with Gasteiger partial charge in [-0.05, 0) is 29.8 Å². The summed E-state index contributed by atoms with van der Waals surface area (Å²) >= 11 is 4.48. The summed E-state index contributed by atoms with van der Waals surface area (Å²) in [7, 11) is 0. The molecule has 0 fully saturated rings. The normalized spacial score (nSPS) is 10.8. The molecule has 0 N–H and O–H groups in total. The zero-order valence-electron chi connectivity index (χ0n) is 18.6. The molecule has 11 nitrogen and oxygen atoms in total. The predicted molar refractivity (Wildman–Crippen MR) is 110 cm³/mol. The maximum Gasteiger partial charge on any atom is 0.422 e. The lowest BCUT2D eigenvalue weighted by atomic mass is 10.2. The van der Waals surface area contributed by atoms with E-state index in [1.807, 2.05) is 6.07 Å². The average molecular weight is 570 g/mol. The highest BCUT2D eigenvalue weighted by atomic mass is 35.5. The zero-order chi connectivity index (χ0) is 28.9. The van der Waals surface area contributed by atoms with Crippen LogP contribution in [0.3, 0.4) is 0 Å². The molecule has 0 saturated heterocycles. The number of ether oxygens (including phenoxy) is 2. The SMILES string of the molecule is N#Cc1ccc(CN(Cc2ncccn2)C(=O)C(=O)OCC(F)(F)F)nc1.O=C(Cl)C(=O)OCC(F)(F)F. The maximum absolute atomic E-state index is 12.2. The smallest absolute Gasteiger partial charge is 0.422 e. The fourth-order valence-corrected chi connectivity index (χ4v) is 2.16. The minimum Gasteiger partial charge on any atom is -0.449 e. The number of nitriles is 1. The van der Waals surface area contributed by atoms with Gasteiger partial charge in [-0.15, -0.1) is 0 Å². The van der Waals surface area contributed by atoms with E-state index in [0.717, 1.165) is 4.90 Å². The molecule has 0 aliphatic heterocycles. The number of carbonyl (C=O) groups is 4. The molecule has 0 aliphatic rings. The number of nitrogens with zero attached hydrogens (tertiary/aromatic N) is 5. The third-order valence-electron chi connectivity index (χ3n) is 3.61. The van der Waals surface area contributed by atoms with Gasteiger partial charge >= 0.3 is 35.4 Å². The third kappa shape index (κ3) is 13.1.